The van der Waals surface area contributed by atoms with Gasteiger partial charge in [-0.05, 0) is 26.0 Å². The standard InChI is InChI=1S/C16H16F3N7O/c1-9-6-12(13-10(2)23-25(3)14(13)21-9)15(27)22-20-7-11-4-5-26(24-11)8-16(17,18)19/h4-7H,8H2,1-3H3,(H,22,27)/b20-7+. The molecule has 1 N–H and O–H groups in total. The Labute approximate surface area is 151 Å². The molecular formula is C16H16F3N7O. The highest BCUT2D eigenvalue weighted by Crippen LogP contribution is 2.21. The third kappa shape index (κ3) is 4.13. The summed E-state index contributed by atoms with van der Waals surface area (Å²) < 4.78 is 39.3. The highest BCUT2D eigenvalue weighted by atomic mass is 19.4. The van der Waals surface area contributed by atoms with E-state index in [0.29, 0.717) is 28.0 Å². The van der Waals surface area contributed by atoms with Crippen molar-refractivity contribution >= 4 is 23.2 Å². The van der Waals surface area contributed by atoms with Crippen LogP contribution in [0.25, 0.3) is 11.0 Å². The van der Waals surface area contributed by atoms with E-state index in [9.17, 15) is 18.0 Å². The van der Waals surface area contributed by atoms with Crippen LogP contribution >= 0.6 is 0 Å². The molecule has 0 aliphatic heterocycles. The van der Waals surface area contributed by atoms with Crippen molar-refractivity contribution in [1.29, 1.82) is 0 Å². The summed E-state index contributed by atoms with van der Waals surface area (Å²) in [5.41, 5.74) is 4.78. The second-order valence-electron chi connectivity index (χ2n) is 5.97. The second-order valence-corrected chi connectivity index (χ2v) is 5.97. The van der Waals surface area contributed by atoms with Crippen molar-refractivity contribution in [3.63, 3.8) is 0 Å². The highest BCUT2D eigenvalue weighted by molar-refractivity contribution is 6.06. The third-order valence-electron chi connectivity index (χ3n) is 3.71. The van der Waals surface area contributed by atoms with Crippen LogP contribution in [0.5, 0.6) is 0 Å². The Hall–Kier alpha value is -3.24. The Bertz CT molecular complexity index is 1030. The molecule has 8 nitrogen and oxygen atoms in total. The third-order valence-corrected chi connectivity index (χ3v) is 3.71. The maximum Gasteiger partial charge on any atom is 0.408 e. The van der Waals surface area contributed by atoms with Crippen LogP contribution in [0.1, 0.15) is 27.4 Å². The quantitative estimate of drug-likeness (QED) is 0.555. The lowest BCUT2D eigenvalue weighted by Gasteiger charge is -2.05. The summed E-state index contributed by atoms with van der Waals surface area (Å²) in [7, 11) is 1.74. The van der Waals surface area contributed by atoms with Crippen molar-refractivity contribution in [3.8, 4) is 0 Å². The fraction of sp³-hybridized carbons (Fsp3) is 0.312. The lowest BCUT2D eigenvalue weighted by atomic mass is 10.1. The van der Waals surface area contributed by atoms with Crippen LogP contribution < -0.4 is 5.43 Å². The number of halogens is 3. The Morgan fingerprint density at radius 3 is 2.78 bits per heavy atom. The molecule has 0 aromatic carbocycles. The molecular weight excluding hydrogens is 363 g/mol. The summed E-state index contributed by atoms with van der Waals surface area (Å²) in [5, 5.41) is 12.4. The zero-order valence-electron chi connectivity index (χ0n) is 14.7. The van der Waals surface area contributed by atoms with Crippen LogP contribution in [-0.4, -0.2) is 42.8 Å². The Balaban J connectivity index is 1.77. The molecule has 0 aliphatic carbocycles. The van der Waals surface area contributed by atoms with E-state index in [-0.39, 0.29) is 5.69 Å². The number of aromatic nitrogens is 5. The van der Waals surface area contributed by atoms with E-state index in [1.165, 1.54) is 18.5 Å². The van der Waals surface area contributed by atoms with Crippen molar-refractivity contribution in [2.24, 2.45) is 12.1 Å². The van der Waals surface area contributed by atoms with Crippen LogP contribution in [0.15, 0.2) is 23.4 Å². The summed E-state index contributed by atoms with van der Waals surface area (Å²) >= 11 is 0. The van der Waals surface area contributed by atoms with E-state index in [1.807, 2.05) is 0 Å². The van der Waals surface area contributed by atoms with Gasteiger partial charge in [0.05, 0.1) is 22.9 Å². The van der Waals surface area contributed by atoms with Gasteiger partial charge in [-0.1, -0.05) is 0 Å². The van der Waals surface area contributed by atoms with Gasteiger partial charge in [-0.15, -0.1) is 0 Å². The van der Waals surface area contributed by atoms with Crippen molar-refractivity contribution in [3.05, 3.63) is 41.0 Å². The number of hydrogen-bond acceptors (Lipinski definition) is 5. The van der Waals surface area contributed by atoms with Gasteiger partial charge in [-0.3, -0.25) is 14.2 Å². The molecule has 0 aliphatic rings. The molecule has 0 saturated carbocycles. The number of fused-ring (bicyclic) bond motifs is 1. The van der Waals surface area contributed by atoms with Crippen LogP contribution in [-0.2, 0) is 13.6 Å². The Kier molecular flexibility index (Phi) is 4.68. The minimum Gasteiger partial charge on any atom is -0.267 e. The summed E-state index contributed by atoms with van der Waals surface area (Å²) in [4.78, 5) is 16.9. The zero-order valence-corrected chi connectivity index (χ0v) is 14.7. The lowest BCUT2D eigenvalue weighted by molar-refractivity contribution is -0.142. The van der Waals surface area contributed by atoms with Gasteiger partial charge >= 0.3 is 6.18 Å². The average molecular weight is 379 g/mol. The van der Waals surface area contributed by atoms with E-state index in [4.69, 9.17) is 0 Å². The number of hydrogen-bond donors (Lipinski definition) is 1. The molecule has 0 bridgehead atoms. The van der Waals surface area contributed by atoms with Gasteiger partial charge in [-0.2, -0.15) is 28.5 Å². The van der Waals surface area contributed by atoms with E-state index in [0.717, 1.165) is 4.68 Å². The van der Waals surface area contributed by atoms with Crippen molar-refractivity contribution in [1.82, 2.24) is 30.0 Å². The molecule has 3 aromatic heterocycles. The normalized spacial score (nSPS) is 12.2. The molecule has 3 rings (SSSR count). The minimum atomic E-state index is -4.36. The fourth-order valence-electron chi connectivity index (χ4n) is 2.68. The summed E-state index contributed by atoms with van der Waals surface area (Å²) in [5.74, 6) is -0.479. The lowest BCUT2D eigenvalue weighted by Crippen LogP contribution is -2.19. The van der Waals surface area contributed by atoms with Crippen LogP contribution in [0.3, 0.4) is 0 Å². The van der Waals surface area contributed by atoms with Gasteiger partial charge in [0.2, 0.25) is 0 Å². The average Bonchev–Trinajstić information content (AvgIpc) is 3.09. The first-order chi connectivity index (χ1) is 12.6. The maximum absolute atomic E-state index is 12.5. The van der Waals surface area contributed by atoms with E-state index < -0.39 is 18.6 Å². The molecule has 0 fully saturated rings. The van der Waals surface area contributed by atoms with Gasteiger partial charge < -0.3 is 0 Å². The fourth-order valence-corrected chi connectivity index (χ4v) is 2.68. The number of alkyl halides is 3. The van der Waals surface area contributed by atoms with Crippen LogP contribution in [0.2, 0.25) is 0 Å². The molecule has 0 atom stereocenters. The summed E-state index contributed by atoms with van der Waals surface area (Å²) in [6, 6.07) is 2.99. The first kappa shape index (κ1) is 18.5. The van der Waals surface area contributed by atoms with Gasteiger partial charge in [0.15, 0.2) is 5.65 Å². The molecule has 142 valence electrons. The highest BCUT2D eigenvalue weighted by Gasteiger charge is 2.28. The molecule has 0 spiro atoms. The molecule has 3 heterocycles. The largest absolute Gasteiger partial charge is 0.408 e. The van der Waals surface area contributed by atoms with Crippen molar-refractivity contribution in [2.45, 2.75) is 26.6 Å². The first-order valence-corrected chi connectivity index (χ1v) is 7.88. The minimum absolute atomic E-state index is 0.188. The smallest absolute Gasteiger partial charge is 0.267 e. The molecule has 0 unspecified atom stereocenters. The molecule has 0 radical (unpaired) electrons. The molecule has 27 heavy (non-hydrogen) atoms. The number of carbonyl (C=O) groups is 1. The summed E-state index contributed by atoms with van der Waals surface area (Å²) in [6.07, 6.45) is -2.00. The number of rotatable bonds is 4. The second kappa shape index (κ2) is 6.82. The number of nitrogens with zero attached hydrogens (tertiary/aromatic N) is 6. The van der Waals surface area contributed by atoms with Crippen LogP contribution in [0, 0.1) is 13.8 Å². The number of amides is 1. The molecule has 0 saturated heterocycles. The van der Waals surface area contributed by atoms with E-state index >= 15 is 0 Å². The molecule has 11 heteroatoms. The van der Waals surface area contributed by atoms with Gasteiger partial charge in [0.1, 0.15) is 12.2 Å². The van der Waals surface area contributed by atoms with Crippen LogP contribution in [0.4, 0.5) is 13.2 Å². The van der Waals surface area contributed by atoms with Gasteiger partial charge in [0, 0.05) is 18.9 Å². The topological polar surface area (TPSA) is 90.0 Å². The number of aryl methyl sites for hydroxylation is 3. The predicted octanol–water partition coefficient (Wildman–Crippen LogP) is 2.11. The zero-order chi connectivity index (χ0) is 19.8. The molecule has 1 amide bonds. The number of hydrazone groups is 1. The maximum atomic E-state index is 12.5. The number of nitrogens with one attached hydrogen (secondary N) is 1. The SMILES string of the molecule is Cc1cc(C(=O)N/N=C/c2ccn(CC(F)(F)F)n2)c2c(C)nn(C)c2n1. The van der Waals surface area contributed by atoms with Crippen molar-refractivity contribution in [2.75, 3.05) is 0 Å². The number of carbonyl (C=O) groups excluding carboxylic acids is 1. The summed E-state index contributed by atoms with van der Waals surface area (Å²) in [6.45, 7) is 2.34. The van der Waals surface area contributed by atoms with Gasteiger partial charge in [0.25, 0.3) is 5.91 Å². The van der Waals surface area contributed by atoms with Crippen molar-refractivity contribution < 1.29 is 18.0 Å². The Morgan fingerprint density at radius 1 is 1.33 bits per heavy atom. The molecule has 3 aromatic rings. The van der Waals surface area contributed by atoms with E-state index in [1.54, 1.807) is 31.6 Å². The first-order valence-electron chi connectivity index (χ1n) is 7.88. The predicted molar refractivity (Wildman–Crippen MR) is 91.3 cm³/mol. The number of pyridine rings is 1. The monoisotopic (exact) mass is 379 g/mol. The van der Waals surface area contributed by atoms with Gasteiger partial charge in [-0.25, -0.2) is 10.4 Å². The van der Waals surface area contributed by atoms with E-state index in [2.05, 4.69) is 25.7 Å². The Morgan fingerprint density at radius 2 is 2.07 bits per heavy atom.